The molecule has 0 aromatic heterocycles. The zero-order valence-corrected chi connectivity index (χ0v) is 14.1. The van der Waals surface area contributed by atoms with E-state index in [9.17, 15) is 24.6 Å². The zero-order valence-electron chi connectivity index (χ0n) is 13.2. The highest BCUT2D eigenvalue weighted by Gasteiger charge is 2.53. The molecule has 3 rings (SSSR count). The molecule has 0 radical (unpaired) electrons. The molecule has 0 bridgehead atoms. The van der Waals surface area contributed by atoms with E-state index in [0.717, 1.165) is 11.8 Å². The van der Waals surface area contributed by atoms with Gasteiger partial charge in [0, 0.05) is 6.92 Å². The number of thiol groups is 1. The summed E-state index contributed by atoms with van der Waals surface area (Å²) in [5.74, 6) is -1.87. The normalized spacial score (nSPS) is 31.8. The third-order valence-electron chi connectivity index (χ3n) is 4.27. The molecule has 0 saturated carbocycles. The number of rotatable bonds is 3. The summed E-state index contributed by atoms with van der Waals surface area (Å²) in [6, 6.07) is 5.14. The number of hydrogen-bond donors (Lipinski definition) is 3. The van der Waals surface area contributed by atoms with E-state index in [2.05, 4.69) is 12.6 Å². The maximum Gasteiger partial charge on any atom is 0.303 e. The fourth-order valence-electron chi connectivity index (χ4n) is 3.15. The minimum Gasteiger partial charge on any atom is -0.457 e. The van der Waals surface area contributed by atoms with E-state index in [1.54, 1.807) is 12.1 Å². The van der Waals surface area contributed by atoms with Gasteiger partial charge in [-0.05, 0) is 12.1 Å². The number of amides is 2. The first-order chi connectivity index (χ1) is 11.9. The number of benzene rings is 1. The largest absolute Gasteiger partial charge is 0.457 e. The number of aliphatic hydroxyl groups is 2. The highest BCUT2D eigenvalue weighted by molar-refractivity contribution is 7.80. The Morgan fingerprint density at radius 1 is 1.28 bits per heavy atom. The summed E-state index contributed by atoms with van der Waals surface area (Å²) < 4.78 is 10.6. The van der Waals surface area contributed by atoms with Crippen molar-refractivity contribution >= 4 is 30.4 Å². The molecule has 8 nitrogen and oxygen atoms in total. The third-order valence-corrected chi connectivity index (χ3v) is 4.69. The molecule has 2 heterocycles. The molecule has 2 amide bonds. The number of hydrogen-bond acceptors (Lipinski definition) is 8. The van der Waals surface area contributed by atoms with E-state index in [4.69, 9.17) is 9.47 Å². The molecular weight excluding hydrogens is 350 g/mol. The Hall–Kier alpha value is -1.94. The van der Waals surface area contributed by atoms with Gasteiger partial charge in [-0.3, -0.25) is 19.3 Å². The number of aliphatic hydroxyl groups excluding tert-OH is 2. The summed E-state index contributed by atoms with van der Waals surface area (Å²) in [5, 5.41) is 19.7. The molecule has 1 aromatic rings. The van der Waals surface area contributed by atoms with Crippen molar-refractivity contribution in [3.8, 4) is 0 Å². The van der Waals surface area contributed by atoms with Crippen molar-refractivity contribution in [3.63, 3.8) is 0 Å². The van der Waals surface area contributed by atoms with Crippen molar-refractivity contribution < 1.29 is 34.1 Å². The molecule has 1 fully saturated rings. The molecule has 2 aliphatic rings. The zero-order chi connectivity index (χ0) is 18.3. The Morgan fingerprint density at radius 2 is 1.84 bits per heavy atom. The summed E-state index contributed by atoms with van der Waals surface area (Å²) in [5.41, 5.74) is -0.617. The van der Waals surface area contributed by atoms with Crippen molar-refractivity contribution in [2.75, 3.05) is 6.61 Å². The van der Waals surface area contributed by atoms with Gasteiger partial charge in [-0.1, -0.05) is 12.1 Å². The summed E-state index contributed by atoms with van der Waals surface area (Å²) in [6.45, 7) is 0.605. The number of carbonyl (C=O) groups is 3. The molecule has 1 aromatic carbocycles. The van der Waals surface area contributed by atoms with Gasteiger partial charge in [0.2, 0.25) is 0 Å². The van der Waals surface area contributed by atoms with E-state index in [0.29, 0.717) is 0 Å². The topological polar surface area (TPSA) is 113 Å². The Morgan fingerprint density at radius 3 is 2.32 bits per heavy atom. The second kappa shape index (κ2) is 6.75. The number of imide groups is 1. The third kappa shape index (κ3) is 2.93. The Balaban J connectivity index is 2.00. The van der Waals surface area contributed by atoms with Crippen LogP contribution in [0.4, 0.5) is 0 Å². The second-order valence-corrected chi connectivity index (χ2v) is 6.34. The average Bonchev–Trinajstić information content (AvgIpc) is 2.83. The minimum atomic E-state index is -1.42. The van der Waals surface area contributed by atoms with Gasteiger partial charge in [-0.2, -0.15) is 0 Å². The number of fused-ring (bicyclic) bond motifs is 1. The maximum atomic E-state index is 12.7. The van der Waals surface area contributed by atoms with Gasteiger partial charge >= 0.3 is 5.97 Å². The van der Waals surface area contributed by atoms with Crippen molar-refractivity contribution in [2.45, 2.75) is 36.7 Å². The van der Waals surface area contributed by atoms with E-state index >= 15 is 0 Å². The molecule has 0 unspecified atom stereocenters. The van der Waals surface area contributed by atoms with Gasteiger partial charge < -0.3 is 19.7 Å². The van der Waals surface area contributed by atoms with E-state index in [-0.39, 0.29) is 11.1 Å². The van der Waals surface area contributed by atoms with Crippen LogP contribution in [0.5, 0.6) is 0 Å². The smallest absolute Gasteiger partial charge is 0.303 e. The summed E-state index contributed by atoms with van der Waals surface area (Å²) >= 11 is 4.25. The molecule has 2 N–H and O–H groups in total. The maximum absolute atomic E-state index is 12.7. The molecule has 0 spiro atoms. The van der Waals surface area contributed by atoms with Crippen molar-refractivity contribution in [1.29, 1.82) is 0 Å². The first kappa shape index (κ1) is 17.9. The van der Waals surface area contributed by atoms with Crippen LogP contribution in [0.3, 0.4) is 0 Å². The van der Waals surface area contributed by atoms with Gasteiger partial charge in [0.25, 0.3) is 11.8 Å². The lowest BCUT2D eigenvalue weighted by atomic mass is 9.96. The van der Waals surface area contributed by atoms with Crippen LogP contribution in [0.25, 0.3) is 0 Å². The molecular formula is C16H17NO7S. The fourth-order valence-corrected chi connectivity index (χ4v) is 3.61. The monoisotopic (exact) mass is 367 g/mol. The van der Waals surface area contributed by atoms with Crippen LogP contribution in [0, 0.1) is 0 Å². The molecule has 25 heavy (non-hydrogen) atoms. The lowest BCUT2D eigenvalue weighted by Crippen LogP contribution is -2.65. The van der Waals surface area contributed by atoms with Crippen molar-refractivity contribution in [2.24, 2.45) is 0 Å². The highest BCUT2D eigenvalue weighted by atomic mass is 32.1. The fraction of sp³-hybridized carbons (Fsp3) is 0.438. The van der Waals surface area contributed by atoms with E-state index in [1.165, 1.54) is 12.1 Å². The molecule has 134 valence electrons. The van der Waals surface area contributed by atoms with Crippen molar-refractivity contribution in [3.05, 3.63) is 35.4 Å². The van der Waals surface area contributed by atoms with Crippen LogP contribution in [-0.2, 0) is 14.3 Å². The van der Waals surface area contributed by atoms with Crippen LogP contribution >= 0.6 is 12.6 Å². The standard InChI is InChI=1S/C16H17NO7S/c1-7(19)23-13-11(16(25)24-10(6-18)12(13)20)17-14(21)8-4-2-3-5-9(8)15(17)22/h2-5,10-13,16,18,20,25H,6H2,1H3/t10-,11-,12+,13-,16+/m1/s1. The first-order valence-electron chi connectivity index (χ1n) is 7.63. The predicted octanol–water partition coefficient (Wildman–Crippen LogP) is -0.409. The molecule has 9 heteroatoms. The Kier molecular flexibility index (Phi) is 4.83. The molecule has 2 aliphatic heterocycles. The molecule has 5 atom stereocenters. The summed E-state index contributed by atoms with van der Waals surface area (Å²) in [7, 11) is 0. The van der Waals surface area contributed by atoms with Crippen molar-refractivity contribution in [1.82, 2.24) is 4.90 Å². The van der Waals surface area contributed by atoms with Crippen LogP contribution in [0.15, 0.2) is 24.3 Å². The Labute approximate surface area is 148 Å². The van der Waals surface area contributed by atoms with Crippen LogP contribution in [-0.4, -0.2) is 69.3 Å². The van der Waals surface area contributed by atoms with Gasteiger partial charge in [0.15, 0.2) is 6.10 Å². The first-order valence-corrected chi connectivity index (χ1v) is 8.15. The average molecular weight is 367 g/mol. The van der Waals surface area contributed by atoms with Crippen LogP contribution < -0.4 is 0 Å². The quantitative estimate of drug-likeness (QED) is 0.378. The number of esters is 1. The van der Waals surface area contributed by atoms with E-state index in [1.807, 2.05) is 0 Å². The lowest BCUT2D eigenvalue weighted by Gasteiger charge is -2.44. The highest BCUT2D eigenvalue weighted by Crippen LogP contribution is 2.34. The van der Waals surface area contributed by atoms with Gasteiger partial charge in [-0.15, -0.1) is 12.6 Å². The number of nitrogens with zero attached hydrogens (tertiary/aromatic N) is 1. The number of carbonyl (C=O) groups excluding carboxylic acids is 3. The van der Waals surface area contributed by atoms with Gasteiger partial charge in [-0.25, -0.2) is 0 Å². The minimum absolute atomic E-state index is 0.216. The Bertz CT molecular complexity index is 689. The number of ether oxygens (including phenoxy) is 2. The molecule has 0 aliphatic carbocycles. The lowest BCUT2D eigenvalue weighted by molar-refractivity contribution is -0.200. The van der Waals surface area contributed by atoms with Crippen LogP contribution in [0.1, 0.15) is 27.6 Å². The summed E-state index contributed by atoms with van der Waals surface area (Å²) in [6.07, 6.45) is -3.75. The summed E-state index contributed by atoms with van der Waals surface area (Å²) in [4.78, 5) is 37.7. The second-order valence-electron chi connectivity index (χ2n) is 5.83. The van der Waals surface area contributed by atoms with Crippen LogP contribution in [0.2, 0.25) is 0 Å². The predicted molar refractivity (Wildman–Crippen MR) is 87.0 cm³/mol. The van der Waals surface area contributed by atoms with E-state index < -0.39 is 54.2 Å². The van der Waals surface area contributed by atoms with Gasteiger partial charge in [0.1, 0.15) is 23.7 Å². The van der Waals surface area contributed by atoms with Gasteiger partial charge in [0.05, 0.1) is 17.7 Å². The SMILES string of the molecule is CC(=O)O[C@H]1[C@@H](O)[C@@H](CO)O[C@@H](S)[C@@H]1N1C(=O)c2ccccc2C1=O. The molecule has 1 saturated heterocycles.